The molecule has 1 atom stereocenters. The van der Waals surface area contributed by atoms with Gasteiger partial charge >= 0.3 is 0 Å². The Morgan fingerprint density at radius 2 is 2.00 bits per heavy atom. The van der Waals surface area contributed by atoms with Crippen molar-refractivity contribution in [2.45, 2.75) is 64.1 Å². The zero-order chi connectivity index (χ0) is 15.6. The quantitative estimate of drug-likeness (QED) is 0.842. The molecule has 1 heterocycles. The maximum absolute atomic E-state index is 4.59. The van der Waals surface area contributed by atoms with Crippen molar-refractivity contribution < 1.29 is 0 Å². The largest absolute Gasteiger partial charge is 0.307 e. The molecule has 4 nitrogen and oxygen atoms in total. The monoisotopic (exact) mass is 356 g/mol. The van der Waals surface area contributed by atoms with Crippen LogP contribution in [0.5, 0.6) is 0 Å². The third-order valence-corrected chi connectivity index (χ3v) is 5.47. The second-order valence-corrected chi connectivity index (χ2v) is 7.47. The molecule has 2 rings (SSSR count). The van der Waals surface area contributed by atoms with Crippen molar-refractivity contribution in [3.8, 4) is 0 Å². The first-order valence-corrected chi connectivity index (χ1v) is 8.87. The number of aromatic nitrogens is 2. The van der Waals surface area contributed by atoms with Crippen molar-refractivity contribution in [1.82, 2.24) is 20.0 Å². The zero-order valence-corrected chi connectivity index (χ0v) is 15.6. The van der Waals surface area contributed by atoms with Gasteiger partial charge < -0.3 is 10.2 Å². The molecule has 1 N–H and O–H groups in total. The summed E-state index contributed by atoms with van der Waals surface area (Å²) in [5.74, 6) is 0. The van der Waals surface area contributed by atoms with Crippen LogP contribution in [0.4, 0.5) is 0 Å². The van der Waals surface area contributed by atoms with Gasteiger partial charge in [0.2, 0.25) is 0 Å². The van der Waals surface area contributed by atoms with E-state index >= 15 is 0 Å². The van der Waals surface area contributed by atoms with Gasteiger partial charge in [-0.25, -0.2) is 0 Å². The average molecular weight is 357 g/mol. The molecule has 21 heavy (non-hydrogen) atoms. The molecule has 0 saturated heterocycles. The number of likely N-dealkylation sites (N-methyl/N-ethyl adjacent to an activating group) is 2. The minimum Gasteiger partial charge on any atom is -0.307 e. The first-order chi connectivity index (χ1) is 9.94. The lowest BCUT2D eigenvalue weighted by molar-refractivity contribution is 0.0997. The average Bonchev–Trinajstić information content (AvgIpc) is 3.03. The lowest BCUT2D eigenvalue weighted by Gasteiger charge is -2.44. The Morgan fingerprint density at radius 1 is 1.38 bits per heavy atom. The Morgan fingerprint density at radius 3 is 2.48 bits per heavy atom. The van der Waals surface area contributed by atoms with E-state index in [0.717, 1.165) is 11.0 Å². The van der Waals surface area contributed by atoms with E-state index in [4.69, 9.17) is 0 Å². The van der Waals surface area contributed by atoms with E-state index < -0.39 is 0 Å². The molecule has 120 valence electrons. The molecular formula is C16H29BrN4. The summed E-state index contributed by atoms with van der Waals surface area (Å²) in [7, 11) is 4.44. The van der Waals surface area contributed by atoms with E-state index in [0.29, 0.717) is 12.1 Å². The molecule has 0 bridgehead atoms. The number of halogens is 1. The van der Waals surface area contributed by atoms with Crippen molar-refractivity contribution in [2.75, 3.05) is 20.6 Å². The van der Waals surface area contributed by atoms with E-state index in [-0.39, 0.29) is 5.54 Å². The van der Waals surface area contributed by atoms with Crippen LogP contribution in [-0.4, -0.2) is 40.9 Å². The number of hydrogen-bond acceptors (Lipinski definition) is 3. The molecule has 1 aromatic rings. The van der Waals surface area contributed by atoms with E-state index in [9.17, 15) is 0 Å². The predicted octanol–water partition coefficient (Wildman–Crippen LogP) is 3.75. The van der Waals surface area contributed by atoms with Crippen LogP contribution in [-0.2, 0) is 0 Å². The fourth-order valence-electron chi connectivity index (χ4n) is 3.76. The molecule has 5 heteroatoms. The summed E-state index contributed by atoms with van der Waals surface area (Å²) in [6.45, 7) is 7.55. The van der Waals surface area contributed by atoms with Crippen LogP contribution in [0.3, 0.4) is 0 Å². The molecule has 1 fully saturated rings. The molecule has 0 amide bonds. The molecule has 1 aliphatic carbocycles. The summed E-state index contributed by atoms with van der Waals surface area (Å²) in [6, 6.07) is 0.673. The Labute approximate surface area is 137 Å². The summed E-state index contributed by atoms with van der Waals surface area (Å²) < 4.78 is 3.29. The standard InChI is InChI=1S/C16H29BrN4/c1-6-18-15(16(20(4)5)9-7-8-10-16)14-13(17)11-19-21(14)12(2)3/h11-12,15,18H,6-10H2,1-5H3. The molecule has 0 aromatic carbocycles. The van der Waals surface area contributed by atoms with Gasteiger partial charge in [-0.3, -0.25) is 4.68 Å². The van der Waals surface area contributed by atoms with Gasteiger partial charge in [-0.1, -0.05) is 19.8 Å². The topological polar surface area (TPSA) is 33.1 Å². The van der Waals surface area contributed by atoms with E-state index in [1.54, 1.807) is 0 Å². The van der Waals surface area contributed by atoms with Crippen molar-refractivity contribution >= 4 is 15.9 Å². The van der Waals surface area contributed by atoms with Crippen LogP contribution < -0.4 is 5.32 Å². The lowest BCUT2D eigenvalue weighted by Crippen LogP contribution is -2.52. The van der Waals surface area contributed by atoms with Gasteiger partial charge in [0.15, 0.2) is 0 Å². The lowest BCUT2D eigenvalue weighted by atomic mass is 9.84. The van der Waals surface area contributed by atoms with Crippen LogP contribution in [0.25, 0.3) is 0 Å². The fraction of sp³-hybridized carbons (Fsp3) is 0.812. The summed E-state index contributed by atoms with van der Waals surface area (Å²) in [5, 5.41) is 8.34. The summed E-state index contributed by atoms with van der Waals surface area (Å²) in [6.07, 6.45) is 7.06. The van der Waals surface area contributed by atoms with Crippen LogP contribution in [0, 0.1) is 0 Å². The number of hydrogen-bond donors (Lipinski definition) is 1. The molecule has 0 aliphatic heterocycles. The Kier molecular flexibility index (Phi) is 5.49. The van der Waals surface area contributed by atoms with E-state index in [1.165, 1.54) is 31.4 Å². The molecule has 1 saturated carbocycles. The molecule has 1 aliphatic rings. The van der Waals surface area contributed by atoms with Gasteiger partial charge in [0, 0.05) is 11.6 Å². The highest BCUT2D eigenvalue weighted by Crippen LogP contribution is 2.45. The van der Waals surface area contributed by atoms with Gasteiger partial charge in [0.1, 0.15) is 0 Å². The SMILES string of the molecule is CCNC(c1c(Br)cnn1C(C)C)C1(N(C)C)CCCC1. The van der Waals surface area contributed by atoms with Crippen molar-refractivity contribution in [3.05, 3.63) is 16.4 Å². The third-order valence-electron chi connectivity index (χ3n) is 4.86. The maximum atomic E-state index is 4.59. The highest BCUT2D eigenvalue weighted by Gasteiger charge is 2.45. The smallest absolute Gasteiger partial charge is 0.0717 e. The molecule has 0 radical (unpaired) electrons. The van der Waals surface area contributed by atoms with Crippen molar-refractivity contribution in [3.63, 3.8) is 0 Å². The normalized spacial score (nSPS) is 19.6. The van der Waals surface area contributed by atoms with Crippen LogP contribution in [0.15, 0.2) is 10.7 Å². The summed E-state index contributed by atoms with van der Waals surface area (Å²) in [4.78, 5) is 2.43. The predicted molar refractivity (Wildman–Crippen MR) is 91.6 cm³/mol. The van der Waals surface area contributed by atoms with Gasteiger partial charge in [-0.15, -0.1) is 0 Å². The minimum atomic E-state index is 0.186. The van der Waals surface area contributed by atoms with Crippen LogP contribution in [0.1, 0.15) is 64.2 Å². The Bertz CT molecular complexity index is 461. The highest BCUT2D eigenvalue weighted by atomic mass is 79.9. The van der Waals surface area contributed by atoms with Crippen molar-refractivity contribution in [1.29, 1.82) is 0 Å². The fourth-order valence-corrected chi connectivity index (χ4v) is 4.26. The third kappa shape index (κ3) is 3.06. The van der Waals surface area contributed by atoms with Crippen molar-refractivity contribution in [2.24, 2.45) is 0 Å². The maximum Gasteiger partial charge on any atom is 0.0717 e. The van der Waals surface area contributed by atoms with Gasteiger partial charge in [0.25, 0.3) is 0 Å². The molecule has 1 unspecified atom stereocenters. The zero-order valence-electron chi connectivity index (χ0n) is 14.0. The van der Waals surface area contributed by atoms with Crippen LogP contribution >= 0.6 is 15.9 Å². The van der Waals surface area contributed by atoms with E-state index in [2.05, 4.69) is 70.8 Å². The number of nitrogens with zero attached hydrogens (tertiary/aromatic N) is 3. The first-order valence-electron chi connectivity index (χ1n) is 8.07. The summed E-state index contributed by atoms with van der Waals surface area (Å²) in [5.41, 5.74) is 1.48. The second kappa shape index (κ2) is 6.80. The van der Waals surface area contributed by atoms with Crippen LogP contribution in [0.2, 0.25) is 0 Å². The van der Waals surface area contributed by atoms with E-state index in [1.807, 2.05) is 6.20 Å². The van der Waals surface area contributed by atoms with Gasteiger partial charge in [-0.2, -0.15) is 5.10 Å². The highest BCUT2D eigenvalue weighted by molar-refractivity contribution is 9.10. The second-order valence-electron chi connectivity index (χ2n) is 6.61. The molecule has 1 aromatic heterocycles. The first kappa shape index (κ1) is 17.0. The van der Waals surface area contributed by atoms with Gasteiger partial charge in [-0.05, 0) is 63.3 Å². The number of rotatable bonds is 6. The molecular weight excluding hydrogens is 328 g/mol. The van der Waals surface area contributed by atoms with Gasteiger partial charge in [0.05, 0.1) is 22.4 Å². The Hall–Kier alpha value is -0.390. The molecule has 0 spiro atoms. The Balaban J connectivity index is 2.50. The number of nitrogens with one attached hydrogen (secondary N) is 1. The summed E-state index contributed by atoms with van der Waals surface area (Å²) >= 11 is 3.73. The minimum absolute atomic E-state index is 0.186.